The minimum Gasteiger partial charge on any atom is -0.444 e. The van der Waals surface area contributed by atoms with Gasteiger partial charge in [-0.05, 0) is 32.4 Å². The quantitative estimate of drug-likeness (QED) is 0.905. The molecule has 1 atom stereocenters. The van der Waals surface area contributed by atoms with Crippen LogP contribution in [0.3, 0.4) is 0 Å². The van der Waals surface area contributed by atoms with Crippen molar-refractivity contribution in [1.82, 2.24) is 20.2 Å². The number of nitrogens with one attached hydrogen (secondary N) is 1. The molecule has 0 spiro atoms. The Morgan fingerprint density at radius 1 is 1.48 bits per heavy atom. The molecule has 2 aromatic heterocycles. The van der Waals surface area contributed by atoms with E-state index < -0.39 is 6.04 Å². The summed E-state index contributed by atoms with van der Waals surface area (Å²) in [4.78, 5) is 34.4. The van der Waals surface area contributed by atoms with Gasteiger partial charge in [0.25, 0.3) is 5.91 Å². The lowest BCUT2D eigenvalue weighted by Crippen LogP contribution is -2.45. The lowest BCUT2D eigenvalue weighted by atomic mass is 10.2. The van der Waals surface area contributed by atoms with Crippen molar-refractivity contribution in [3.05, 3.63) is 36.0 Å². The molecule has 0 aromatic carbocycles. The van der Waals surface area contributed by atoms with Gasteiger partial charge in [-0.25, -0.2) is 4.98 Å². The second kappa shape index (κ2) is 6.20. The molecule has 0 aliphatic carbocycles. The molecule has 0 saturated carbocycles. The Morgan fingerprint density at radius 3 is 3.09 bits per heavy atom. The van der Waals surface area contributed by atoms with E-state index in [9.17, 15) is 9.59 Å². The van der Waals surface area contributed by atoms with E-state index in [0.29, 0.717) is 19.0 Å². The highest BCUT2D eigenvalue weighted by atomic mass is 16.3. The van der Waals surface area contributed by atoms with Gasteiger partial charge < -0.3 is 14.6 Å². The van der Waals surface area contributed by atoms with Crippen LogP contribution in [0.15, 0.2) is 29.0 Å². The Morgan fingerprint density at radius 2 is 2.30 bits per heavy atom. The minimum atomic E-state index is -0.520. The zero-order valence-corrected chi connectivity index (χ0v) is 13.1. The molecule has 1 aliphatic rings. The Balaban J connectivity index is 1.84. The van der Waals surface area contributed by atoms with E-state index in [2.05, 4.69) is 15.3 Å². The van der Waals surface area contributed by atoms with Crippen LogP contribution in [0, 0.1) is 6.92 Å². The van der Waals surface area contributed by atoms with Gasteiger partial charge in [-0.1, -0.05) is 0 Å². The zero-order valence-electron chi connectivity index (χ0n) is 13.1. The highest BCUT2D eigenvalue weighted by molar-refractivity contribution is 5.96. The molecule has 3 heterocycles. The number of carbonyl (C=O) groups is 2. The smallest absolute Gasteiger partial charge is 0.276 e. The highest BCUT2D eigenvalue weighted by Gasteiger charge is 2.30. The Kier molecular flexibility index (Phi) is 4.10. The summed E-state index contributed by atoms with van der Waals surface area (Å²) in [6.45, 7) is 4.67. The predicted octanol–water partition coefficient (Wildman–Crippen LogP) is 1.40. The monoisotopic (exact) mass is 314 g/mol. The predicted molar refractivity (Wildman–Crippen MR) is 82.6 cm³/mol. The third kappa shape index (κ3) is 3.08. The molecule has 1 saturated heterocycles. The first-order valence-electron chi connectivity index (χ1n) is 7.53. The fraction of sp³-hybridized carbons (Fsp3) is 0.375. The topological polar surface area (TPSA) is 88.3 Å². The number of carbonyl (C=O) groups excluding carboxylic acids is 2. The first-order valence-corrected chi connectivity index (χ1v) is 7.53. The molecule has 0 unspecified atom stereocenters. The van der Waals surface area contributed by atoms with E-state index in [4.69, 9.17) is 4.42 Å². The van der Waals surface area contributed by atoms with E-state index in [0.717, 1.165) is 17.7 Å². The van der Waals surface area contributed by atoms with Crippen molar-refractivity contribution in [1.29, 1.82) is 0 Å². The van der Waals surface area contributed by atoms with Gasteiger partial charge >= 0.3 is 0 Å². The fourth-order valence-corrected chi connectivity index (χ4v) is 2.55. The van der Waals surface area contributed by atoms with E-state index in [1.807, 2.05) is 13.0 Å². The Labute approximate surface area is 133 Å². The SMILES string of the molecule is Cc1cc(-c2nc(C(=O)N3CCCNC(=O)[C@@H]3C)co2)ccn1. The maximum absolute atomic E-state index is 12.6. The maximum atomic E-state index is 12.6. The van der Waals surface area contributed by atoms with E-state index in [1.165, 1.54) is 11.2 Å². The van der Waals surface area contributed by atoms with Crippen LogP contribution in [0.5, 0.6) is 0 Å². The summed E-state index contributed by atoms with van der Waals surface area (Å²) in [5.74, 6) is -0.0783. The van der Waals surface area contributed by atoms with Crippen molar-refractivity contribution in [2.75, 3.05) is 13.1 Å². The van der Waals surface area contributed by atoms with Gasteiger partial charge in [0.1, 0.15) is 12.3 Å². The first-order chi connectivity index (χ1) is 11.1. The molecule has 2 amide bonds. The molecule has 0 radical (unpaired) electrons. The van der Waals surface area contributed by atoms with Crippen LogP contribution in [0.1, 0.15) is 29.5 Å². The second-order valence-corrected chi connectivity index (χ2v) is 5.54. The number of pyridine rings is 1. The van der Waals surface area contributed by atoms with Gasteiger partial charge in [0.05, 0.1) is 0 Å². The third-order valence-corrected chi connectivity index (χ3v) is 3.85. The van der Waals surface area contributed by atoms with E-state index in [1.54, 1.807) is 19.2 Å². The summed E-state index contributed by atoms with van der Waals surface area (Å²) >= 11 is 0. The number of hydrogen-bond donors (Lipinski definition) is 1. The standard InChI is InChI=1S/C16H18N4O3/c1-10-8-12(4-6-17-10)15-19-13(9-23-15)16(22)20-7-3-5-18-14(21)11(20)2/h4,6,8-9,11H,3,5,7H2,1-2H3,(H,18,21)/t11-/m0/s1. The number of oxazole rings is 1. The van der Waals surface area contributed by atoms with Crippen molar-refractivity contribution in [3.8, 4) is 11.5 Å². The summed E-state index contributed by atoms with van der Waals surface area (Å²) in [5.41, 5.74) is 1.81. The largest absolute Gasteiger partial charge is 0.444 e. The molecular weight excluding hydrogens is 296 g/mol. The summed E-state index contributed by atoms with van der Waals surface area (Å²) in [5, 5.41) is 2.78. The summed E-state index contributed by atoms with van der Waals surface area (Å²) < 4.78 is 5.42. The van der Waals surface area contributed by atoms with Crippen molar-refractivity contribution < 1.29 is 14.0 Å². The average Bonchev–Trinajstić information content (AvgIpc) is 2.97. The fourth-order valence-electron chi connectivity index (χ4n) is 2.55. The second-order valence-electron chi connectivity index (χ2n) is 5.54. The molecule has 23 heavy (non-hydrogen) atoms. The maximum Gasteiger partial charge on any atom is 0.276 e. The zero-order chi connectivity index (χ0) is 16.4. The van der Waals surface area contributed by atoms with Gasteiger partial charge in [0.15, 0.2) is 5.69 Å². The average molecular weight is 314 g/mol. The van der Waals surface area contributed by atoms with Gasteiger partial charge in [-0.2, -0.15) is 0 Å². The summed E-state index contributed by atoms with van der Waals surface area (Å²) in [6, 6.07) is 3.09. The molecule has 0 bridgehead atoms. The van der Waals surface area contributed by atoms with Crippen LogP contribution in [0.4, 0.5) is 0 Å². The molecule has 2 aromatic rings. The third-order valence-electron chi connectivity index (χ3n) is 3.85. The first kappa shape index (κ1) is 15.2. The Hall–Kier alpha value is -2.70. The van der Waals surface area contributed by atoms with E-state index >= 15 is 0 Å². The van der Waals surface area contributed by atoms with Crippen molar-refractivity contribution in [2.45, 2.75) is 26.3 Å². The Bertz CT molecular complexity index is 740. The number of aryl methyl sites for hydroxylation is 1. The van der Waals surface area contributed by atoms with Crippen LogP contribution in [0.2, 0.25) is 0 Å². The van der Waals surface area contributed by atoms with Crippen LogP contribution < -0.4 is 5.32 Å². The van der Waals surface area contributed by atoms with Crippen LogP contribution in [-0.2, 0) is 4.79 Å². The number of rotatable bonds is 2. The summed E-state index contributed by atoms with van der Waals surface area (Å²) in [7, 11) is 0. The molecule has 3 rings (SSSR count). The number of nitrogens with zero attached hydrogens (tertiary/aromatic N) is 3. The minimum absolute atomic E-state index is 0.149. The van der Waals surface area contributed by atoms with Gasteiger partial charge in [-0.3, -0.25) is 14.6 Å². The van der Waals surface area contributed by atoms with Crippen LogP contribution >= 0.6 is 0 Å². The number of amides is 2. The van der Waals surface area contributed by atoms with Gasteiger partial charge in [0, 0.05) is 30.5 Å². The van der Waals surface area contributed by atoms with Gasteiger partial charge in [0.2, 0.25) is 11.8 Å². The lowest BCUT2D eigenvalue weighted by Gasteiger charge is -2.24. The molecule has 1 fully saturated rings. The molecule has 120 valence electrons. The van der Waals surface area contributed by atoms with Crippen LogP contribution in [0.25, 0.3) is 11.5 Å². The lowest BCUT2D eigenvalue weighted by molar-refractivity contribution is -0.124. The molecule has 7 nitrogen and oxygen atoms in total. The molecular formula is C16H18N4O3. The van der Waals surface area contributed by atoms with Gasteiger partial charge in [-0.15, -0.1) is 0 Å². The van der Waals surface area contributed by atoms with E-state index in [-0.39, 0.29) is 17.5 Å². The normalized spacial score (nSPS) is 18.4. The highest BCUT2D eigenvalue weighted by Crippen LogP contribution is 2.20. The molecule has 1 N–H and O–H groups in total. The summed E-state index contributed by atoms with van der Waals surface area (Å²) in [6.07, 6.45) is 3.72. The van der Waals surface area contributed by atoms with Crippen molar-refractivity contribution in [2.24, 2.45) is 0 Å². The molecule has 1 aliphatic heterocycles. The number of aromatic nitrogens is 2. The molecule has 7 heteroatoms. The van der Waals surface area contributed by atoms with Crippen molar-refractivity contribution in [3.63, 3.8) is 0 Å². The van der Waals surface area contributed by atoms with Crippen molar-refractivity contribution >= 4 is 11.8 Å². The number of hydrogen-bond acceptors (Lipinski definition) is 5. The van der Waals surface area contributed by atoms with Crippen LogP contribution in [-0.4, -0.2) is 45.8 Å².